The first-order chi connectivity index (χ1) is 6.92. The summed E-state index contributed by atoms with van der Waals surface area (Å²) in [6, 6.07) is 3.79. The van der Waals surface area contributed by atoms with Gasteiger partial charge < -0.3 is 5.73 Å². The Morgan fingerprint density at radius 2 is 2.14 bits per heavy atom. The average molecular weight is 190 g/mol. The van der Waals surface area contributed by atoms with Crippen LogP contribution < -0.4 is 5.73 Å². The third kappa shape index (κ3) is 1.60. The lowest BCUT2D eigenvalue weighted by atomic mass is 10.0. The van der Waals surface area contributed by atoms with E-state index < -0.39 is 0 Å². The molecule has 3 N–H and O–H groups in total. The van der Waals surface area contributed by atoms with E-state index in [0.717, 1.165) is 5.56 Å². The molecule has 2 aromatic rings. The molecule has 6 heteroatoms. The highest BCUT2D eigenvalue weighted by molar-refractivity contribution is 5.22. The van der Waals surface area contributed by atoms with Gasteiger partial charge in [-0.25, -0.2) is 0 Å². The minimum atomic E-state index is -0.0169. The summed E-state index contributed by atoms with van der Waals surface area (Å²) >= 11 is 0. The Morgan fingerprint density at radius 1 is 1.36 bits per heavy atom. The van der Waals surface area contributed by atoms with E-state index in [0.29, 0.717) is 12.4 Å². The lowest BCUT2D eigenvalue weighted by Crippen LogP contribution is -2.15. The molecular formula is C8H10N6. The van der Waals surface area contributed by atoms with Gasteiger partial charge in [-0.3, -0.25) is 4.98 Å². The summed E-state index contributed by atoms with van der Waals surface area (Å²) in [5.41, 5.74) is 6.70. The number of nitrogens with one attached hydrogen (secondary N) is 1. The molecule has 2 rings (SSSR count). The molecule has 2 heterocycles. The molecule has 0 aliphatic rings. The number of rotatable bonds is 3. The van der Waals surface area contributed by atoms with Crippen molar-refractivity contribution in [2.45, 2.75) is 5.92 Å². The normalized spacial score (nSPS) is 12.6. The monoisotopic (exact) mass is 190 g/mol. The van der Waals surface area contributed by atoms with Gasteiger partial charge in [-0.15, -0.1) is 10.2 Å². The molecule has 0 radical (unpaired) electrons. The second-order valence-corrected chi connectivity index (χ2v) is 2.84. The number of aromatic amines is 1. The lowest BCUT2D eigenvalue weighted by molar-refractivity contribution is 0.751. The minimum absolute atomic E-state index is 0.0169. The lowest BCUT2D eigenvalue weighted by Gasteiger charge is -2.09. The maximum Gasteiger partial charge on any atom is 0.183 e. The predicted molar refractivity (Wildman–Crippen MR) is 49.3 cm³/mol. The quantitative estimate of drug-likeness (QED) is 0.692. The fourth-order valence-electron chi connectivity index (χ4n) is 1.30. The van der Waals surface area contributed by atoms with Crippen LogP contribution in [0.5, 0.6) is 0 Å². The van der Waals surface area contributed by atoms with Crippen LogP contribution in [0.4, 0.5) is 0 Å². The largest absolute Gasteiger partial charge is 0.329 e. The van der Waals surface area contributed by atoms with E-state index in [9.17, 15) is 0 Å². The van der Waals surface area contributed by atoms with Gasteiger partial charge in [-0.05, 0) is 17.7 Å². The van der Waals surface area contributed by atoms with Gasteiger partial charge in [-0.2, -0.15) is 5.21 Å². The molecule has 72 valence electrons. The van der Waals surface area contributed by atoms with Crippen molar-refractivity contribution in [2.75, 3.05) is 6.54 Å². The van der Waals surface area contributed by atoms with E-state index in [2.05, 4.69) is 25.6 Å². The maximum absolute atomic E-state index is 5.65. The van der Waals surface area contributed by atoms with E-state index in [-0.39, 0.29) is 5.92 Å². The average Bonchev–Trinajstić information content (AvgIpc) is 2.74. The standard InChI is InChI=1S/C8H10N6/c9-5-7(8-11-13-14-12-8)6-1-3-10-4-2-6/h1-4,7H,5,9H2,(H,11,12,13,14). The smallest absolute Gasteiger partial charge is 0.183 e. The molecule has 0 fully saturated rings. The third-order valence-electron chi connectivity index (χ3n) is 2.02. The minimum Gasteiger partial charge on any atom is -0.329 e. The van der Waals surface area contributed by atoms with E-state index >= 15 is 0 Å². The van der Waals surface area contributed by atoms with Gasteiger partial charge in [0.25, 0.3) is 0 Å². The van der Waals surface area contributed by atoms with Gasteiger partial charge >= 0.3 is 0 Å². The number of nitrogens with zero attached hydrogens (tertiary/aromatic N) is 4. The number of tetrazole rings is 1. The number of aromatic nitrogens is 5. The van der Waals surface area contributed by atoms with Gasteiger partial charge in [0.1, 0.15) is 0 Å². The van der Waals surface area contributed by atoms with Gasteiger partial charge in [0.2, 0.25) is 0 Å². The summed E-state index contributed by atoms with van der Waals surface area (Å²) in [4.78, 5) is 3.94. The van der Waals surface area contributed by atoms with Crippen LogP contribution in [0.25, 0.3) is 0 Å². The van der Waals surface area contributed by atoms with Crippen molar-refractivity contribution in [1.82, 2.24) is 25.6 Å². The zero-order chi connectivity index (χ0) is 9.80. The van der Waals surface area contributed by atoms with Gasteiger partial charge in [0, 0.05) is 18.9 Å². The first kappa shape index (κ1) is 8.76. The van der Waals surface area contributed by atoms with Gasteiger partial charge in [0.05, 0.1) is 5.92 Å². The summed E-state index contributed by atoms with van der Waals surface area (Å²) in [5, 5.41) is 13.8. The Balaban J connectivity index is 2.31. The zero-order valence-electron chi connectivity index (χ0n) is 7.46. The van der Waals surface area contributed by atoms with E-state index in [1.807, 2.05) is 12.1 Å². The predicted octanol–water partition coefficient (Wildman–Crippen LogP) is -0.315. The summed E-state index contributed by atoms with van der Waals surface area (Å²) in [7, 11) is 0. The number of H-pyrrole nitrogens is 1. The number of nitrogens with two attached hydrogens (primary N) is 1. The number of hydrogen-bond donors (Lipinski definition) is 2. The number of hydrogen-bond acceptors (Lipinski definition) is 5. The van der Waals surface area contributed by atoms with Crippen molar-refractivity contribution in [3.8, 4) is 0 Å². The summed E-state index contributed by atoms with van der Waals surface area (Å²) in [6.45, 7) is 0.448. The Kier molecular flexibility index (Phi) is 2.46. The highest BCUT2D eigenvalue weighted by atomic mass is 15.5. The fraction of sp³-hybridized carbons (Fsp3) is 0.250. The van der Waals surface area contributed by atoms with Crippen LogP contribution in [0.15, 0.2) is 24.5 Å². The molecule has 0 aliphatic heterocycles. The molecule has 0 saturated heterocycles. The first-order valence-corrected chi connectivity index (χ1v) is 4.25. The topological polar surface area (TPSA) is 93.4 Å². The molecule has 0 aliphatic carbocycles. The van der Waals surface area contributed by atoms with Crippen molar-refractivity contribution >= 4 is 0 Å². The molecule has 1 atom stereocenters. The van der Waals surface area contributed by atoms with Crippen LogP contribution in [0.2, 0.25) is 0 Å². The van der Waals surface area contributed by atoms with Crippen LogP contribution >= 0.6 is 0 Å². The third-order valence-corrected chi connectivity index (χ3v) is 2.02. The highest BCUT2D eigenvalue weighted by Gasteiger charge is 2.16. The summed E-state index contributed by atoms with van der Waals surface area (Å²) in [6.07, 6.45) is 3.44. The summed E-state index contributed by atoms with van der Waals surface area (Å²) in [5.74, 6) is 0.593. The summed E-state index contributed by atoms with van der Waals surface area (Å²) < 4.78 is 0. The van der Waals surface area contributed by atoms with E-state index in [4.69, 9.17) is 5.73 Å². The molecule has 2 aromatic heterocycles. The van der Waals surface area contributed by atoms with Crippen molar-refractivity contribution in [2.24, 2.45) is 5.73 Å². The Morgan fingerprint density at radius 3 is 2.71 bits per heavy atom. The van der Waals surface area contributed by atoms with Crippen LogP contribution in [-0.4, -0.2) is 32.2 Å². The van der Waals surface area contributed by atoms with Crippen molar-refractivity contribution in [1.29, 1.82) is 0 Å². The second-order valence-electron chi connectivity index (χ2n) is 2.84. The molecule has 0 saturated carbocycles. The molecule has 0 aromatic carbocycles. The van der Waals surface area contributed by atoms with Crippen LogP contribution in [0, 0.1) is 0 Å². The Labute approximate surface area is 80.6 Å². The van der Waals surface area contributed by atoms with E-state index in [1.165, 1.54) is 0 Å². The molecule has 0 amide bonds. The van der Waals surface area contributed by atoms with Crippen molar-refractivity contribution in [3.05, 3.63) is 35.9 Å². The fourth-order valence-corrected chi connectivity index (χ4v) is 1.30. The number of pyridine rings is 1. The highest BCUT2D eigenvalue weighted by Crippen LogP contribution is 2.18. The zero-order valence-corrected chi connectivity index (χ0v) is 7.46. The van der Waals surface area contributed by atoms with Crippen LogP contribution in [0.1, 0.15) is 17.3 Å². The maximum atomic E-state index is 5.65. The van der Waals surface area contributed by atoms with Crippen molar-refractivity contribution in [3.63, 3.8) is 0 Å². The Hall–Kier alpha value is -1.82. The Bertz CT molecular complexity index is 370. The molecule has 6 nitrogen and oxygen atoms in total. The van der Waals surface area contributed by atoms with Crippen LogP contribution in [0.3, 0.4) is 0 Å². The van der Waals surface area contributed by atoms with Gasteiger partial charge in [0.15, 0.2) is 5.82 Å². The molecular weight excluding hydrogens is 180 g/mol. The molecule has 1 unspecified atom stereocenters. The second kappa shape index (κ2) is 3.93. The molecule has 14 heavy (non-hydrogen) atoms. The SMILES string of the molecule is NCC(c1ccncc1)c1nn[nH]n1. The van der Waals surface area contributed by atoms with Crippen molar-refractivity contribution < 1.29 is 0 Å². The van der Waals surface area contributed by atoms with Crippen LogP contribution in [-0.2, 0) is 0 Å². The molecule has 0 bridgehead atoms. The van der Waals surface area contributed by atoms with Gasteiger partial charge in [-0.1, -0.05) is 5.21 Å². The molecule has 0 spiro atoms. The first-order valence-electron chi connectivity index (χ1n) is 4.25. The van der Waals surface area contributed by atoms with E-state index in [1.54, 1.807) is 12.4 Å².